The molecule has 2 rings (SSSR count). The van der Waals surface area contributed by atoms with Crippen LogP contribution in [0.1, 0.15) is 25.8 Å². The highest BCUT2D eigenvalue weighted by molar-refractivity contribution is 5.72. The summed E-state index contributed by atoms with van der Waals surface area (Å²) in [6, 6.07) is 9.77. The lowest BCUT2D eigenvalue weighted by Gasteiger charge is -2.05. The van der Waals surface area contributed by atoms with E-state index in [2.05, 4.69) is 5.10 Å². The SMILES string of the molecule is CCC(=O)Oc1cn(CC)nc1OCc1ccccc1. The van der Waals surface area contributed by atoms with Crippen LogP contribution in [0.2, 0.25) is 0 Å². The van der Waals surface area contributed by atoms with E-state index in [0.29, 0.717) is 31.2 Å². The van der Waals surface area contributed by atoms with Gasteiger partial charge in [-0.05, 0) is 12.5 Å². The fourth-order valence-corrected chi connectivity index (χ4v) is 1.64. The number of hydrogen-bond donors (Lipinski definition) is 0. The molecule has 0 saturated heterocycles. The first-order valence-electron chi connectivity index (χ1n) is 6.67. The molecule has 1 aromatic heterocycles. The van der Waals surface area contributed by atoms with Crippen molar-refractivity contribution in [3.05, 3.63) is 42.1 Å². The van der Waals surface area contributed by atoms with Crippen LogP contribution < -0.4 is 9.47 Å². The predicted octanol–water partition coefficient (Wildman–Crippen LogP) is 2.80. The molecule has 1 heterocycles. The lowest BCUT2D eigenvalue weighted by molar-refractivity contribution is -0.134. The molecule has 0 saturated carbocycles. The lowest BCUT2D eigenvalue weighted by Crippen LogP contribution is -2.06. The van der Waals surface area contributed by atoms with Gasteiger partial charge in [0.05, 0.1) is 6.20 Å². The van der Waals surface area contributed by atoms with Gasteiger partial charge in [0, 0.05) is 13.0 Å². The second kappa shape index (κ2) is 6.75. The maximum absolute atomic E-state index is 11.4. The summed E-state index contributed by atoms with van der Waals surface area (Å²) in [6.07, 6.45) is 1.99. The zero-order valence-corrected chi connectivity index (χ0v) is 11.7. The number of benzene rings is 1. The molecular weight excluding hydrogens is 256 g/mol. The van der Waals surface area contributed by atoms with E-state index in [9.17, 15) is 4.79 Å². The first-order chi connectivity index (χ1) is 9.72. The molecular formula is C15H18N2O3. The fraction of sp³-hybridized carbons (Fsp3) is 0.333. The van der Waals surface area contributed by atoms with E-state index in [4.69, 9.17) is 9.47 Å². The minimum absolute atomic E-state index is 0.301. The Balaban J connectivity index is 2.09. The van der Waals surface area contributed by atoms with E-state index in [0.717, 1.165) is 5.56 Å². The Kier molecular flexibility index (Phi) is 4.76. The summed E-state index contributed by atoms with van der Waals surface area (Å²) >= 11 is 0. The first kappa shape index (κ1) is 14.1. The maximum atomic E-state index is 11.4. The quantitative estimate of drug-likeness (QED) is 0.760. The number of nitrogens with zero attached hydrogens (tertiary/aromatic N) is 2. The van der Waals surface area contributed by atoms with Gasteiger partial charge in [0.2, 0.25) is 5.75 Å². The molecule has 0 amide bonds. The average Bonchev–Trinajstić information content (AvgIpc) is 2.88. The van der Waals surface area contributed by atoms with E-state index in [1.165, 1.54) is 0 Å². The van der Waals surface area contributed by atoms with Gasteiger partial charge in [0.1, 0.15) is 6.61 Å². The van der Waals surface area contributed by atoms with Crippen LogP contribution in [-0.2, 0) is 17.9 Å². The van der Waals surface area contributed by atoms with Crippen molar-refractivity contribution in [1.82, 2.24) is 9.78 Å². The summed E-state index contributed by atoms with van der Waals surface area (Å²) in [5.74, 6) is 0.414. The predicted molar refractivity (Wildman–Crippen MR) is 74.6 cm³/mol. The third kappa shape index (κ3) is 3.60. The van der Waals surface area contributed by atoms with Crippen molar-refractivity contribution in [3.63, 3.8) is 0 Å². The van der Waals surface area contributed by atoms with E-state index in [1.807, 2.05) is 37.3 Å². The summed E-state index contributed by atoms with van der Waals surface area (Å²) in [7, 11) is 0. The third-order valence-electron chi connectivity index (χ3n) is 2.75. The number of carbonyl (C=O) groups excluding carboxylic acids is 1. The minimum Gasteiger partial charge on any atom is -0.469 e. The average molecular weight is 274 g/mol. The molecule has 0 radical (unpaired) electrons. The number of esters is 1. The zero-order chi connectivity index (χ0) is 14.4. The Labute approximate surface area is 118 Å². The highest BCUT2D eigenvalue weighted by Crippen LogP contribution is 2.26. The van der Waals surface area contributed by atoms with Crippen LogP contribution in [0.4, 0.5) is 0 Å². The van der Waals surface area contributed by atoms with Gasteiger partial charge < -0.3 is 9.47 Å². The highest BCUT2D eigenvalue weighted by Gasteiger charge is 2.14. The van der Waals surface area contributed by atoms with Crippen LogP contribution in [0.5, 0.6) is 11.6 Å². The molecule has 0 N–H and O–H groups in total. The summed E-state index contributed by atoms with van der Waals surface area (Å²) in [4.78, 5) is 11.4. The molecule has 0 bridgehead atoms. The minimum atomic E-state index is -0.301. The molecule has 0 atom stereocenters. The van der Waals surface area contributed by atoms with Crippen molar-refractivity contribution in [3.8, 4) is 11.6 Å². The number of aryl methyl sites for hydroxylation is 1. The second-order valence-electron chi connectivity index (χ2n) is 4.26. The van der Waals surface area contributed by atoms with Gasteiger partial charge in [-0.3, -0.25) is 9.48 Å². The molecule has 2 aromatic rings. The fourth-order valence-electron chi connectivity index (χ4n) is 1.64. The van der Waals surface area contributed by atoms with Crippen molar-refractivity contribution in [2.45, 2.75) is 33.4 Å². The Hall–Kier alpha value is -2.30. The molecule has 1 aromatic carbocycles. The van der Waals surface area contributed by atoms with Crippen LogP contribution in [0, 0.1) is 0 Å². The van der Waals surface area contributed by atoms with E-state index < -0.39 is 0 Å². The molecule has 5 nitrogen and oxygen atoms in total. The number of rotatable bonds is 6. The Morgan fingerprint density at radius 3 is 2.65 bits per heavy atom. The molecule has 0 fully saturated rings. The van der Waals surface area contributed by atoms with Crippen LogP contribution in [0.3, 0.4) is 0 Å². The van der Waals surface area contributed by atoms with Crippen LogP contribution in [-0.4, -0.2) is 15.7 Å². The molecule has 0 aliphatic rings. The number of carbonyl (C=O) groups is 1. The standard InChI is InChI=1S/C15H18N2O3/c1-3-14(18)20-13-10-17(4-2)16-15(13)19-11-12-8-6-5-7-9-12/h5-10H,3-4,11H2,1-2H3. The van der Waals surface area contributed by atoms with Crippen molar-refractivity contribution in [2.75, 3.05) is 0 Å². The summed E-state index contributed by atoms with van der Waals surface area (Å²) in [5.41, 5.74) is 1.03. The second-order valence-corrected chi connectivity index (χ2v) is 4.26. The van der Waals surface area contributed by atoms with Crippen LogP contribution in [0.15, 0.2) is 36.5 Å². The summed E-state index contributed by atoms with van der Waals surface area (Å²) in [5, 5.41) is 4.25. The molecule has 5 heteroatoms. The van der Waals surface area contributed by atoms with E-state index in [1.54, 1.807) is 17.8 Å². The first-order valence-corrected chi connectivity index (χ1v) is 6.67. The van der Waals surface area contributed by atoms with Crippen molar-refractivity contribution in [2.24, 2.45) is 0 Å². The number of hydrogen-bond acceptors (Lipinski definition) is 4. The summed E-state index contributed by atoms with van der Waals surface area (Å²) in [6.45, 7) is 4.78. The maximum Gasteiger partial charge on any atom is 0.311 e. The van der Waals surface area contributed by atoms with Gasteiger partial charge >= 0.3 is 5.97 Å². The van der Waals surface area contributed by atoms with E-state index >= 15 is 0 Å². The van der Waals surface area contributed by atoms with Crippen LogP contribution >= 0.6 is 0 Å². The van der Waals surface area contributed by atoms with Gasteiger partial charge in [0.25, 0.3) is 5.88 Å². The smallest absolute Gasteiger partial charge is 0.311 e. The van der Waals surface area contributed by atoms with Gasteiger partial charge in [-0.1, -0.05) is 37.3 Å². The topological polar surface area (TPSA) is 53.4 Å². The Morgan fingerprint density at radius 2 is 2.00 bits per heavy atom. The highest BCUT2D eigenvalue weighted by atomic mass is 16.6. The van der Waals surface area contributed by atoms with Gasteiger partial charge in [-0.2, -0.15) is 0 Å². The Bertz CT molecular complexity index is 564. The van der Waals surface area contributed by atoms with Gasteiger partial charge in [-0.15, -0.1) is 5.10 Å². The van der Waals surface area contributed by atoms with Gasteiger partial charge in [0.15, 0.2) is 0 Å². The third-order valence-corrected chi connectivity index (χ3v) is 2.75. The van der Waals surface area contributed by atoms with Crippen molar-refractivity contribution in [1.29, 1.82) is 0 Å². The number of aromatic nitrogens is 2. The van der Waals surface area contributed by atoms with E-state index in [-0.39, 0.29) is 5.97 Å². The molecule has 0 aliphatic carbocycles. The normalized spacial score (nSPS) is 10.3. The zero-order valence-electron chi connectivity index (χ0n) is 11.7. The van der Waals surface area contributed by atoms with Crippen molar-refractivity contribution >= 4 is 5.97 Å². The van der Waals surface area contributed by atoms with Crippen LogP contribution in [0.25, 0.3) is 0 Å². The monoisotopic (exact) mass is 274 g/mol. The molecule has 20 heavy (non-hydrogen) atoms. The molecule has 0 aliphatic heterocycles. The largest absolute Gasteiger partial charge is 0.469 e. The summed E-state index contributed by atoms with van der Waals surface area (Å²) < 4.78 is 12.5. The molecule has 106 valence electrons. The van der Waals surface area contributed by atoms with Crippen molar-refractivity contribution < 1.29 is 14.3 Å². The molecule has 0 unspecified atom stereocenters. The Morgan fingerprint density at radius 1 is 1.25 bits per heavy atom. The number of ether oxygens (including phenoxy) is 2. The molecule has 0 spiro atoms. The van der Waals surface area contributed by atoms with Gasteiger partial charge in [-0.25, -0.2) is 0 Å². The lowest BCUT2D eigenvalue weighted by atomic mass is 10.2.